The first kappa shape index (κ1) is 10.5. The molecule has 0 bridgehead atoms. The molecule has 82 valence electrons. The molecule has 0 aliphatic rings. The van der Waals surface area contributed by atoms with E-state index in [0.29, 0.717) is 18.0 Å². The van der Waals surface area contributed by atoms with Crippen molar-refractivity contribution >= 4 is 5.69 Å². The number of hydrogen-bond donors (Lipinski definition) is 2. The molecule has 3 nitrogen and oxygen atoms in total. The number of nitrogen functional groups attached to an aromatic ring is 1. The second-order valence-corrected chi connectivity index (χ2v) is 3.44. The zero-order valence-corrected chi connectivity index (χ0v) is 8.89. The van der Waals surface area contributed by atoms with Crippen LogP contribution in [0.25, 0.3) is 0 Å². The molecular weight excluding hydrogens is 200 g/mol. The Morgan fingerprint density at radius 2 is 1.69 bits per heavy atom. The van der Waals surface area contributed by atoms with E-state index >= 15 is 0 Å². The quantitative estimate of drug-likeness (QED) is 0.772. The summed E-state index contributed by atoms with van der Waals surface area (Å²) in [6.07, 6.45) is 0. The molecule has 0 aromatic heterocycles. The summed E-state index contributed by atoms with van der Waals surface area (Å²) in [5, 5.41) is 0. The number of hydrogen-bond acceptors (Lipinski definition) is 3. The van der Waals surface area contributed by atoms with Crippen LogP contribution in [0.4, 0.5) is 5.69 Å². The number of anilines is 1. The lowest BCUT2D eigenvalue weighted by molar-refractivity contribution is 0.477. The molecule has 0 radical (unpaired) electrons. The zero-order chi connectivity index (χ0) is 11.4. The first-order chi connectivity index (χ1) is 7.81. The number of benzene rings is 2. The monoisotopic (exact) mass is 214 g/mol. The molecule has 0 fully saturated rings. The van der Waals surface area contributed by atoms with E-state index in [9.17, 15) is 0 Å². The third kappa shape index (κ3) is 2.15. The van der Waals surface area contributed by atoms with Crippen molar-refractivity contribution in [3.05, 3.63) is 54.1 Å². The first-order valence-electron chi connectivity index (χ1n) is 5.11. The fraction of sp³-hybridized carbons (Fsp3) is 0.0769. The second kappa shape index (κ2) is 4.68. The Balaban J connectivity index is 2.31. The number of rotatable bonds is 3. The molecule has 0 heterocycles. The van der Waals surface area contributed by atoms with Gasteiger partial charge in [0.1, 0.15) is 11.5 Å². The van der Waals surface area contributed by atoms with Crippen molar-refractivity contribution in [3.8, 4) is 11.5 Å². The summed E-state index contributed by atoms with van der Waals surface area (Å²) in [6, 6.07) is 15.1. The van der Waals surface area contributed by atoms with Crippen LogP contribution in [-0.4, -0.2) is 0 Å². The minimum atomic E-state index is 0.370. The van der Waals surface area contributed by atoms with E-state index in [1.807, 2.05) is 48.5 Å². The Bertz CT molecular complexity index is 469. The fourth-order valence-electron chi connectivity index (χ4n) is 1.51. The van der Waals surface area contributed by atoms with Crippen molar-refractivity contribution in [3.63, 3.8) is 0 Å². The van der Waals surface area contributed by atoms with E-state index < -0.39 is 0 Å². The van der Waals surface area contributed by atoms with Gasteiger partial charge in [-0.25, -0.2) is 0 Å². The zero-order valence-electron chi connectivity index (χ0n) is 8.89. The minimum Gasteiger partial charge on any atom is -0.457 e. The topological polar surface area (TPSA) is 61.3 Å². The van der Waals surface area contributed by atoms with Gasteiger partial charge in [0.05, 0.1) is 0 Å². The Morgan fingerprint density at radius 3 is 2.38 bits per heavy atom. The van der Waals surface area contributed by atoms with Gasteiger partial charge >= 0.3 is 0 Å². The van der Waals surface area contributed by atoms with Crippen LogP contribution in [0, 0.1) is 0 Å². The van der Waals surface area contributed by atoms with Crippen LogP contribution in [0.1, 0.15) is 5.56 Å². The Hall–Kier alpha value is -2.00. The maximum absolute atomic E-state index is 5.83. The summed E-state index contributed by atoms with van der Waals surface area (Å²) in [7, 11) is 0. The molecule has 2 aromatic carbocycles. The lowest BCUT2D eigenvalue weighted by Crippen LogP contribution is -2.03. The maximum atomic E-state index is 5.83. The summed E-state index contributed by atoms with van der Waals surface area (Å²) in [4.78, 5) is 0. The lowest BCUT2D eigenvalue weighted by Gasteiger charge is -2.11. The predicted octanol–water partition coefficient (Wildman–Crippen LogP) is 2.52. The van der Waals surface area contributed by atoms with Gasteiger partial charge in [-0.15, -0.1) is 0 Å². The Morgan fingerprint density at radius 1 is 0.938 bits per heavy atom. The first-order valence-corrected chi connectivity index (χ1v) is 5.11. The number of ether oxygens (including phenoxy) is 1. The molecular formula is C13H14N2O. The smallest absolute Gasteiger partial charge is 0.133 e. The van der Waals surface area contributed by atoms with Gasteiger partial charge < -0.3 is 16.2 Å². The third-order valence-electron chi connectivity index (χ3n) is 2.34. The van der Waals surface area contributed by atoms with Crippen LogP contribution in [0.3, 0.4) is 0 Å². The van der Waals surface area contributed by atoms with Crippen LogP contribution in [0.15, 0.2) is 48.5 Å². The Labute approximate surface area is 94.6 Å². The molecule has 2 rings (SSSR count). The summed E-state index contributed by atoms with van der Waals surface area (Å²) in [5.74, 6) is 1.50. The molecule has 0 saturated heterocycles. The molecule has 0 atom stereocenters. The van der Waals surface area contributed by atoms with E-state index in [2.05, 4.69) is 0 Å². The van der Waals surface area contributed by atoms with Crippen molar-refractivity contribution in [1.29, 1.82) is 0 Å². The van der Waals surface area contributed by atoms with Gasteiger partial charge in [-0.05, 0) is 24.3 Å². The summed E-state index contributed by atoms with van der Waals surface area (Å²) in [5.41, 5.74) is 13.0. The highest BCUT2D eigenvalue weighted by molar-refractivity contribution is 5.55. The third-order valence-corrected chi connectivity index (χ3v) is 2.34. The van der Waals surface area contributed by atoms with Gasteiger partial charge in [-0.3, -0.25) is 0 Å². The molecule has 0 aliphatic carbocycles. The SMILES string of the molecule is NCc1c(N)cccc1Oc1ccccc1. The summed E-state index contributed by atoms with van der Waals surface area (Å²) in [6.45, 7) is 0.370. The van der Waals surface area contributed by atoms with E-state index in [4.69, 9.17) is 16.2 Å². The highest BCUT2D eigenvalue weighted by Crippen LogP contribution is 2.28. The van der Waals surface area contributed by atoms with Crippen LogP contribution in [0.5, 0.6) is 11.5 Å². The molecule has 4 N–H and O–H groups in total. The normalized spacial score (nSPS) is 10.1. The number of nitrogens with two attached hydrogens (primary N) is 2. The van der Waals surface area contributed by atoms with Gasteiger partial charge in [0, 0.05) is 17.8 Å². The lowest BCUT2D eigenvalue weighted by atomic mass is 10.1. The molecule has 2 aromatic rings. The van der Waals surface area contributed by atoms with E-state index in [1.165, 1.54) is 0 Å². The molecule has 0 amide bonds. The molecule has 3 heteroatoms. The van der Waals surface area contributed by atoms with Crippen molar-refractivity contribution in [2.45, 2.75) is 6.54 Å². The summed E-state index contributed by atoms with van der Waals surface area (Å²) < 4.78 is 5.72. The van der Waals surface area contributed by atoms with E-state index in [-0.39, 0.29) is 0 Å². The van der Waals surface area contributed by atoms with Crippen molar-refractivity contribution in [2.24, 2.45) is 5.73 Å². The van der Waals surface area contributed by atoms with Gasteiger partial charge in [0.15, 0.2) is 0 Å². The predicted molar refractivity (Wildman–Crippen MR) is 65.3 cm³/mol. The van der Waals surface area contributed by atoms with Gasteiger partial charge in [0.2, 0.25) is 0 Å². The minimum absolute atomic E-state index is 0.370. The van der Waals surface area contributed by atoms with Crippen LogP contribution in [0.2, 0.25) is 0 Å². The molecule has 0 aliphatic heterocycles. The second-order valence-electron chi connectivity index (χ2n) is 3.44. The molecule has 0 saturated carbocycles. The molecule has 0 spiro atoms. The standard InChI is InChI=1S/C13H14N2O/c14-9-11-12(15)7-4-8-13(11)16-10-5-2-1-3-6-10/h1-8H,9,14-15H2. The van der Waals surface area contributed by atoms with Gasteiger partial charge in [0.25, 0.3) is 0 Å². The van der Waals surface area contributed by atoms with Gasteiger partial charge in [-0.1, -0.05) is 24.3 Å². The fourth-order valence-corrected chi connectivity index (χ4v) is 1.51. The average molecular weight is 214 g/mol. The number of para-hydroxylation sites is 1. The molecule has 16 heavy (non-hydrogen) atoms. The van der Waals surface area contributed by atoms with Crippen LogP contribution >= 0.6 is 0 Å². The van der Waals surface area contributed by atoms with Crippen LogP contribution < -0.4 is 16.2 Å². The Kier molecular flexibility index (Phi) is 3.08. The van der Waals surface area contributed by atoms with Crippen molar-refractivity contribution in [1.82, 2.24) is 0 Å². The molecule has 0 unspecified atom stereocenters. The van der Waals surface area contributed by atoms with E-state index in [1.54, 1.807) is 0 Å². The van der Waals surface area contributed by atoms with E-state index in [0.717, 1.165) is 11.3 Å². The van der Waals surface area contributed by atoms with Crippen molar-refractivity contribution in [2.75, 3.05) is 5.73 Å². The highest BCUT2D eigenvalue weighted by Gasteiger charge is 2.06. The highest BCUT2D eigenvalue weighted by atomic mass is 16.5. The van der Waals surface area contributed by atoms with Crippen molar-refractivity contribution < 1.29 is 4.74 Å². The maximum Gasteiger partial charge on any atom is 0.133 e. The van der Waals surface area contributed by atoms with Gasteiger partial charge in [-0.2, -0.15) is 0 Å². The largest absolute Gasteiger partial charge is 0.457 e. The van der Waals surface area contributed by atoms with Crippen LogP contribution in [-0.2, 0) is 6.54 Å². The summed E-state index contributed by atoms with van der Waals surface area (Å²) >= 11 is 0. The average Bonchev–Trinajstić information content (AvgIpc) is 2.31.